The molecule has 140 valence electrons. The van der Waals surface area contributed by atoms with Crippen molar-refractivity contribution in [2.75, 3.05) is 30.1 Å². The number of hydrogen-bond acceptors (Lipinski definition) is 8. The van der Waals surface area contributed by atoms with Gasteiger partial charge in [0.25, 0.3) is 5.91 Å². The number of nitrogens with one attached hydrogen (secondary N) is 3. The number of rotatable bonds is 8. The van der Waals surface area contributed by atoms with Crippen LogP contribution < -0.4 is 26.6 Å². The van der Waals surface area contributed by atoms with Crippen LogP contribution in [0.5, 0.6) is 5.75 Å². The van der Waals surface area contributed by atoms with E-state index in [-0.39, 0.29) is 5.91 Å². The molecule has 9 heteroatoms. The molecule has 1 aromatic carbocycles. The van der Waals surface area contributed by atoms with E-state index in [4.69, 9.17) is 10.5 Å². The van der Waals surface area contributed by atoms with Crippen molar-refractivity contribution in [3.05, 3.63) is 58.5 Å². The molecule has 0 aliphatic heterocycles. The summed E-state index contributed by atoms with van der Waals surface area (Å²) in [5.41, 5.74) is 12.1. The highest BCUT2D eigenvalue weighted by atomic mass is 32.1. The van der Waals surface area contributed by atoms with Crippen molar-refractivity contribution in [2.45, 2.75) is 6.42 Å². The van der Waals surface area contributed by atoms with Crippen LogP contribution in [0.3, 0.4) is 0 Å². The van der Waals surface area contributed by atoms with Gasteiger partial charge in [-0.1, -0.05) is 18.2 Å². The van der Waals surface area contributed by atoms with Crippen LogP contribution in [-0.2, 0) is 6.42 Å². The van der Waals surface area contributed by atoms with Crippen molar-refractivity contribution >= 4 is 34.6 Å². The monoisotopic (exact) mass is 384 g/mol. The second-order valence-corrected chi connectivity index (χ2v) is 6.55. The molecule has 27 heavy (non-hydrogen) atoms. The molecular formula is C18H20N6O2S. The van der Waals surface area contributed by atoms with Crippen molar-refractivity contribution in [1.82, 2.24) is 15.4 Å². The van der Waals surface area contributed by atoms with Gasteiger partial charge in [-0.05, 0) is 30.0 Å². The van der Waals surface area contributed by atoms with Gasteiger partial charge in [0, 0.05) is 11.4 Å². The predicted octanol–water partition coefficient (Wildman–Crippen LogP) is 2.54. The van der Waals surface area contributed by atoms with Crippen LogP contribution in [0.1, 0.15) is 15.2 Å². The van der Waals surface area contributed by atoms with Crippen LogP contribution in [0, 0.1) is 0 Å². The molecule has 3 rings (SSSR count). The molecule has 0 bridgehead atoms. The lowest BCUT2D eigenvalue weighted by Crippen LogP contribution is -2.30. The van der Waals surface area contributed by atoms with Gasteiger partial charge in [0.2, 0.25) is 0 Å². The number of thiophene rings is 1. The standard InChI is InChI=1S/C18H20N6O2S/c1-26-14-7-3-2-6-13(14)18(25)24-23-17-15(19)16(21-11-22-17)20-9-8-12-5-4-10-27-12/h2-7,10-11H,8-9,19H2,1H3,(H,24,25)(H2,20,21,22,23). The molecular weight excluding hydrogens is 364 g/mol. The van der Waals surface area contributed by atoms with E-state index in [1.54, 1.807) is 35.6 Å². The Morgan fingerprint density at radius 2 is 2.00 bits per heavy atom. The Balaban J connectivity index is 1.61. The van der Waals surface area contributed by atoms with Crippen LogP contribution >= 0.6 is 11.3 Å². The number of methoxy groups -OCH3 is 1. The maximum absolute atomic E-state index is 12.3. The Morgan fingerprint density at radius 3 is 2.78 bits per heavy atom. The van der Waals surface area contributed by atoms with E-state index in [2.05, 4.69) is 32.2 Å². The van der Waals surface area contributed by atoms with Crippen LogP contribution in [0.25, 0.3) is 0 Å². The molecule has 3 aromatic rings. The number of para-hydroxylation sites is 1. The number of hydrazine groups is 1. The minimum absolute atomic E-state index is 0.312. The first-order valence-electron chi connectivity index (χ1n) is 8.25. The lowest BCUT2D eigenvalue weighted by atomic mass is 10.2. The number of ether oxygens (including phenoxy) is 1. The largest absolute Gasteiger partial charge is 0.496 e. The maximum atomic E-state index is 12.3. The summed E-state index contributed by atoms with van der Waals surface area (Å²) in [5, 5.41) is 5.23. The van der Waals surface area contributed by atoms with Crippen molar-refractivity contribution in [3.8, 4) is 5.75 Å². The van der Waals surface area contributed by atoms with E-state index in [0.29, 0.717) is 35.2 Å². The lowest BCUT2D eigenvalue weighted by molar-refractivity contribution is 0.0959. The molecule has 2 heterocycles. The van der Waals surface area contributed by atoms with E-state index >= 15 is 0 Å². The maximum Gasteiger partial charge on any atom is 0.273 e. The Hall–Kier alpha value is -3.33. The van der Waals surface area contributed by atoms with Gasteiger partial charge in [0.1, 0.15) is 17.8 Å². The van der Waals surface area contributed by atoms with E-state index in [1.807, 2.05) is 11.4 Å². The number of nitrogen functional groups attached to an aromatic ring is 1. The van der Waals surface area contributed by atoms with Crippen LogP contribution in [-0.4, -0.2) is 29.5 Å². The summed E-state index contributed by atoms with van der Waals surface area (Å²) in [4.78, 5) is 21.8. The van der Waals surface area contributed by atoms with Gasteiger partial charge >= 0.3 is 0 Å². The van der Waals surface area contributed by atoms with Gasteiger partial charge in [0.15, 0.2) is 11.6 Å². The first kappa shape index (κ1) is 18.5. The SMILES string of the molecule is COc1ccccc1C(=O)NNc1ncnc(NCCc2cccs2)c1N. The highest BCUT2D eigenvalue weighted by Gasteiger charge is 2.13. The summed E-state index contributed by atoms with van der Waals surface area (Å²) < 4.78 is 5.19. The smallest absolute Gasteiger partial charge is 0.273 e. The minimum Gasteiger partial charge on any atom is -0.496 e. The summed E-state index contributed by atoms with van der Waals surface area (Å²) >= 11 is 1.70. The van der Waals surface area contributed by atoms with Gasteiger partial charge in [-0.3, -0.25) is 15.6 Å². The number of anilines is 3. The number of benzene rings is 1. The molecule has 0 atom stereocenters. The Morgan fingerprint density at radius 1 is 1.19 bits per heavy atom. The third kappa shape index (κ3) is 4.64. The second kappa shape index (κ2) is 8.86. The highest BCUT2D eigenvalue weighted by molar-refractivity contribution is 7.09. The fourth-order valence-electron chi connectivity index (χ4n) is 2.41. The van der Waals surface area contributed by atoms with Crippen molar-refractivity contribution in [1.29, 1.82) is 0 Å². The zero-order chi connectivity index (χ0) is 19.1. The number of nitrogens with zero attached hydrogens (tertiary/aromatic N) is 2. The summed E-state index contributed by atoms with van der Waals surface area (Å²) in [6.45, 7) is 0.689. The number of amides is 1. The van der Waals surface area contributed by atoms with Crippen molar-refractivity contribution < 1.29 is 9.53 Å². The molecule has 0 aliphatic carbocycles. The van der Waals surface area contributed by atoms with Crippen LogP contribution in [0.15, 0.2) is 48.1 Å². The minimum atomic E-state index is -0.363. The van der Waals surface area contributed by atoms with Gasteiger partial charge in [-0.15, -0.1) is 11.3 Å². The fraction of sp³-hybridized carbons (Fsp3) is 0.167. The first-order chi connectivity index (χ1) is 13.2. The molecule has 0 radical (unpaired) electrons. The van der Waals surface area contributed by atoms with Gasteiger partial charge in [0.05, 0.1) is 12.7 Å². The summed E-state index contributed by atoms with van der Waals surface area (Å²) in [7, 11) is 1.51. The molecule has 8 nitrogen and oxygen atoms in total. The number of aromatic nitrogens is 2. The van der Waals surface area contributed by atoms with Crippen LogP contribution in [0.4, 0.5) is 17.3 Å². The van der Waals surface area contributed by atoms with Gasteiger partial charge in [-0.25, -0.2) is 9.97 Å². The van der Waals surface area contributed by atoms with Crippen molar-refractivity contribution in [3.63, 3.8) is 0 Å². The Bertz CT molecular complexity index is 901. The molecule has 0 aliphatic rings. The van der Waals surface area contributed by atoms with E-state index < -0.39 is 0 Å². The topological polar surface area (TPSA) is 114 Å². The third-order valence-corrected chi connectivity index (χ3v) is 4.71. The third-order valence-electron chi connectivity index (χ3n) is 3.77. The van der Waals surface area contributed by atoms with Crippen molar-refractivity contribution in [2.24, 2.45) is 0 Å². The zero-order valence-corrected chi connectivity index (χ0v) is 15.5. The number of carbonyl (C=O) groups is 1. The summed E-state index contributed by atoms with van der Waals surface area (Å²) in [6.07, 6.45) is 2.25. The molecule has 0 saturated carbocycles. The number of hydrogen-bond donors (Lipinski definition) is 4. The summed E-state index contributed by atoms with van der Waals surface area (Å²) in [5.74, 6) is 0.934. The Kier molecular flexibility index (Phi) is 6.06. The Labute approximate surface area is 160 Å². The summed E-state index contributed by atoms with van der Waals surface area (Å²) in [6, 6.07) is 11.0. The predicted molar refractivity (Wildman–Crippen MR) is 107 cm³/mol. The molecule has 0 saturated heterocycles. The number of nitrogens with two attached hydrogens (primary N) is 1. The fourth-order valence-corrected chi connectivity index (χ4v) is 3.12. The molecule has 0 fully saturated rings. The molecule has 0 unspecified atom stereocenters. The highest BCUT2D eigenvalue weighted by Crippen LogP contribution is 2.22. The van der Waals surface area contributed by atoms with E-state index in [0.717, 1.165) is 6.42 Å². The molecule has 5 N–H and O–H groups in total. The number of carbonyl (C=O) groups excluding carboxylic acids is 1. The molecule has 0 spiro atoms. The van der Waals surface area contributed by atoms with Crippen LogP contribution in [0.2, 0.25) is 0 Å². The average molecular weight is 384 g/mol. The molecule has 2 aromatic heterocycles. The first-order valence-corrected chi connectivity index (χ1v) is 9.13. The zero-order valence-electron chi connectivity index (χ0n) is 14.7. The van der Waals surface area contributed by atoms with Gasteiger partial charge in [-0.2, -0.15) is 0 Å². The van der Waals surface area contributed by atoms with E-state index in [1.165, 1.54) is 18.3 Å². The normalized spacial score (nSPS) is 10.3. The van der Waals surface area contributed by atoms with E-state index in [9.17, 15) is 4.79 Å². The van der Waals surface area contributed by atoms with Gasteiger partial charge < -0.3 is 15.8 Å². The second-order valence-electron chi connectivity index (χ2n) is 5.52. The molecule has 1 amide bonds. The quantitative estimate of drug-likeness (QED) is 0.441. The average Bonchev–Trinajstić information content (AvgIpc) is 3.21. The lowest BCUT2D eigenvalue weighted by Gasteiger charge is -2.14.